The van der Waals surface area contributed by atoms with Crippen molar-refractivity contribution >= 4 is 17.7 Å². The first-order valence-corrected chi connectivity index (χ1v) is 13.2. The summed E-state index contributed by atoms with van der Waals surface area (Å²) in [5.41, 5.74) is 0. The van der Waals surface area contributed by atoms with Gasteiger partial charge in [-0.15, -0.1) is 0 Å². The maximum atomic E-state index is 13.0. The first kappa shape index (κ1) is 29.4. The molecule has 3 amide bonds. The van der Waals surface area contributed by atoms with Crippen LogP contribution >= 0.6 is 0 Å². The first-order chi connectivity index (χ1) is 15.7. The molecule has 1 aliphatic heterocycles. The molecular formula is C26H49N3O4. The molecule has 3 N–H and O–H groups in total. The molecule has 7 heteroatoms. The van der Waals surface area contributed by atoms with Crippen LogP contribution < -0.4 is 10.6 Å². The Balaban J connectivity index is 2.86. The molecule has 1 heterocycles. The molecule has 33 heavy (non-hydrogen) atoms. The van der Waals surface area contributed by atoms with Gasteiger partial charge in [0.15, 0.2) is 0 Å². The van der Waals surface area contributed by atoms with Crippen molar-refractivity contribution in [2.75, 3.05) is 13.6 Å². The van der Waals surface area contributed by atoms with Crippen LogP contribution in [0.4, 0.5) is 0 Å². The van der Waals surface area contributed by atoms with Crippen molar-refractivity contribution < 1.29 is 19.5 Å². The van der Waals surface area contributed by atoms with Crippen LogP contribution in [0, 0.1) is 11.8 Å². The summed E-state index contributed by atoms with van der Waals surface area (Å²) >= 11 is 0. The number of aliphatic hydroxyl groups excluding tert-OH is 1. The second-order valence-electron chi connectivity index (χ2n) is 10.1. The van der Waals surface area contributed by atoms with E-state index in [9.17, 15) is 19.5 Å². The molecule has 0 aliphatic carbocycles. The fourth-order valence-electron chi connectivity index (χ4n) is 4.41. The minimum absolute atomic E-state index is 0.0208. The number of aliphatic hydroxyl groups is 1. The molecule has 0 saturated carbocycles. The van der Waals surface area contributed by atoms with Crippen molar-refractivity contribution in [2.24, 2.45) is 11.8 Å². The number of rotatable bonds is 7. The van der Waals surface area contributed by atoms with Gasteiger partial charge in [-0.3, -0.25) is 14.4 Å². The third-order valence-electron chi connectivity index (χ3n) is 7.01. The lowest BCUT2D eigenvalue weighted by Gasteiger charge is -2.31. The fourth-order valence-corrected chi connectivity index (χ4v) is 4.41. The molecule has 0 aromatic carbocycles. The van der Waals surface area contributed by atoms with Crippen LogP contribution in [-0.2, 0) is 14.4 Å². The Hall–Kier alpha value is -1.63. The molecule has 0 aromatic heterocycles. The molecule has 0 unspecified atom stereocenters. The van der Waals surface area contributed by atoms with Crippen LogP contribution in [0.25, 0.3) is 0 Å². The van der Waals surface area contributed by atoms with E-state index in [4.69, 9.17) is 0 Å². The minimum atomic E-state index is -0.824. The topological polar surface area (TPSA) is 98.7 Å². The van der Waals surface area contributed by atoms with E-state index in [1.165, 1.54) is 17.7 Å². The average molecular weight is 468 g/mol. The van der Waals surface area contributed by atoms with Crippen LogP contribution in [0.1, 0.15) is 105 Å². The molecule has 1 aliphatic rings. The summed E-state index contributed by atoms with van der Waals surface area (Å²) in [7, 11) is 1.67. The van der Waals surface area contributed by atoms with E-state index in [2.05, 4.69) is 24.5 Å². The SMILES string of the molecule is CCCCNC(=O)[C@H](C)C[C@H](O)[C@@H]1C[C@H](C)CCCCCCCCC(=O)N(C)[C@@H](C)C(=O)N1. The predicted molar refractivity (Wildman–Crippen MR) is 133 cm³/mol. The number of likely N-dealkylation sites (N-methyl/N-ethyl adjacent to an activating group) is 1. The zero-order chi connectivity index (χ0) is 24.8. The van der Waals surface area contributed by atoms with Crippen molar-refractivity contribution in [3.63, 3.8) is 0 Å². The van der Waals surface area contributed by atoms with E-state index in [1.807, 2.05) is 6.92 Å². The van der Waals surface area contributed by atoms with E-state index in [0.29, 0.717) is 31.7 Å². The molecule has 1 rings (SSSR count). The number of hydrogen-bond acceptors (Lipinski definition) is 4. The Morgan fingerprint density at radius 2 is 1.79 bits per heavy atom. The number of hydrogen-bond donors (Lipinski definition) is 3. The Bertz CT molecular complexity index is 598. The Morgan fingerprint density at radius 1 is 1.15 bits per heavy atom. The number of nitrogens with zero attached hydrogens (tertiary/aromatic N) is 1. The molecule has 0 bridgehead atoms. The first-order valence-electron chi connectivity index (χ1n) is 13.2. The summed E-state index contributed by atoms with van der Waals surface area (Å²) in [4.78, 5) is 39.4. The normalized spacial score (nSPS) is 26.4. The van der Waals surface area contributed by atoms with Crippen molar-refractivity contribution in [3.05, 3.63) is 0 Å². The highest BCUT2D eigenvalue weighted by Crippen LogP contribution is 2.21. The van der Waals surface area contributed by atoms with Crippen LogP contribution in [0.15, 0.2) is 0 Å². The lowest BCUT2D eigenvalue weighted by atomic mass is 9.89. The smallest absolute Gasteiger partial charge is 0.242 e. The Kier molecular flexibility index (Phi) is 14.3. The highest BCUT2D eigenvalue weighted by molar-refractivity contribution is 5.87. The highest BCUT2D eigenvalue weighted by Gasteiger charge is 2.30. The van der Waals surface area contributed by atoms with Gasteiger partial charge in [0.2, 0.25) is 17.7 Å². The van der Waals surface area contributed by atoms with E-state index >= 15 is 0 Å². The van der Waals surface area contributed by atoms with E-state index in [1.54, 1.807) is 14.0 Å². The van der Waals surface area contributed by atoms with Crippen molar-refractivity contribution in [2.45, 2.75) is 123 Å². The third kappa shape index (κ3) is 11.4. The summed E-state index contributed by atoms with van der Waals surface area (Å²) in [6, 6.07) is -1.05. The van der Waals surface area contributed by atoms with Crippen molar-refractivity contribution in [1.29, 1.82) is 0 Å². The molecule has 0 aromatic rings. The van der Waals surface area contributed by atoms with Gasteiger partial charge < -0.3 is 20.6 Å². The molecule has 7 nitrogen and oxygen atoms in total. The second kappa shape index (κ2) is 16.1. The van der Waals surface area contributed by atoms with Crippen molar-refractivity contribution in [1.82, 2.24) is 15.5 Å². The van der Waals surface area contributed by atoms with Gasteiger partial charge in [0.05, 0.1) is 12.1 Å². The second-order valence-corrected chi connectivity index (χ2v) is 10.1. The Labute approximate surface area is 201 Å². The molecule has 1 saturated heterocycles. The quantitative estimate of drug-likeness (QED) is 0.496. The number of amides is 3. The van der Waals surface area contributed by atoms with Crippen LogP contribution in [0.5, 0.6) is 0 Å². The zero-order valence-corrected chi connectivity index (χ0v) is 21.7. The third-order valence-corrected chi connectivity index (χ3v) is 7.01. The lowest BCUT2D eigenvalue weighted by molar-refractivity contribution is -0.139. The number of carbonyl (C=O) groups is 3. The van der Waals surface area contributed by atoms with Gasteiger partial charge in [0, 0.05) is 25.9 Å². The summed E-state index contributed by atoms with van der Waals surface area (Å²) in [6.07, 6.45) is 10.1. The summed E-state index contributed by atoms with van der Waals surface area (Å²) in [6.45, 7) is 8.43. The molecule has 192 valence electrons. The van der Waals surface area contributed by atoms with Gasteiger partial charge in [-0.25, -0.2) is 0 Å². The molecule has 0 spiro atoms. The number of unbranched alkanes of at least 4 members (excludes halogenated alkanes) is 1. The molecular weight excluding hydrogens is 418 g/mol. The van der Waals surface area contributed by atoms with Gasteiger partial charge in [-0.05, 0) is 38.5 Å². The van der Waals surface area contributed by atoms with Gasteiger partial charge >= 0.3 is 0 Å². The number of carbonyl (C=O) groups excluding carboxylic acids is 3. The summed E-state index contributed by atoms with van der Waals surface area (Å²) < 4.78 is 0. The average Bonchev–Trinajstić information content (AvgIpc) is 2.78. The lowest BCUT2D eigenvalue weighted by Crippen LogP contribution is -2.52. The minimum Gasteiger partial charge on any atom is -0.391 e. The van der Waals surface area contributed by atoms with Gasteiger partial charge in [-0.2, -0.15) is 0 Å². The number of nitrogens with one attached hydrogen (secondary N) is 2. The van der Waals surface area contributed by atoms with Crippen LogP contribution in [-0.4, -0.2) is 59.5 Å². The van der Waals surface area contributed by atoms with Crippen molar-refractivity contribution in [3.8, 4) is 0 Å². The summed E-state index contributed by atoms with van der Waals surface area (Å²) in [5.74, 6) is -0.331. The van der Waals surface area contributed by atoms with Gasteiger partial charge in [0.1, 0.15) is 6.04 Å². The van der Waals surface area contributed by atoms with Gasteiger partial charge in [0.25, 0.3) is 0 Å². The standard InChI is InChI=1S/C26H49N3O4/c1-6-7-16-27-25(32)20(3)18-23(30)22-17-19(2)14-12-10-8-9-11-13-15-24(31)29(5)21(4)26(33)28-22/h19-23,30H,6-18H2,1-5H3,(H,27,32)(H,28,33)/t19-,20-,21+,22+,23+/m1/s1. The maximum absolute atomic E-state index is 13.0. The Morgan fingerprint density at radius 3 is 2.45 bits per heavy atom. The van der Waals surface area contributed by atoms with E-state index in [0.717, 1.165) is 44.9 Å². The van der Waals surface area contributed by atoms with Crippen LogP contribution in [0.2, 0.25) is 0 Å². The molecule has 0 radical (unpaired) electrons. The zero-order valence-electron chi connectivity index (χ0n) is 21.7. The largest absolute Gasteiger partial charge is 0.391 e. The maximum Gasteiger partial charge on any atom is 0.242 e. The van der Waals surface area contributed by atoms with E-state index in [-0.39, 0.29) is 23.6 Å². The molecule has 5 atom stereocenters. The van der Waals surface area contributed by atoms with Gasteiger partial charge in [-0.1, -0.05) is 65.7 Å². The van der Waals surface area contributed by atoms with E-state index < -0.39 is 18.2 Å². The van der Waals surface area contributed by atoms with Crippen LogP contribution in [0.3, 0.4) is 0 Å². The monoisotopic (exact) mass is 467 g/mol. The fraction of sp³-hybridized carbons (Fsp3) is 0.885. The summed E-state index contributed by atoms with van der Waals surface area (Å²) in [5, 5.41) is 17.0. The molecule has 1 fully saturated rings. The predicted octanol–water partition coefficient (Wildman–Crippen LogP) is 3.78. The highest BCUT2D eigenvalue weighted by atomic mass is 16.3.